The minimum absolute atomic E-state index is 0.222. The molecule has 0 bridgehead atoms. The molecule has 0 spiro atoms. The molecule has 0 atom stereocenters. The van der Waals surface area contributed by atoms with Crippen molar-refractivity contribution >= 4 is 56.7 Å². The molecule has 0 fully saturated rings. The summed E-state index contributed by atoms with van der Waals surface area (Å²) in [5, 5.41) is 12.0. The van der Waals surface area contributed by atoms with Gasteiger partial charge >= 0.3 is 5.97 Å². The molecule has 0 aliphatic heterocycles. The van der Waals surface area contributed by atoms with Gasteiger partial charge in [0.1, 0.15) is 4.83 Å². The van der Waals surface area contributed by atoms with E-state index in [2.05, 4.69) is 24.0 Å². The zero-order valence-electron chi connectivity index (χ0n) is 15.7. The monoisotopic (exact) mass is 422 g/mol. The van der Waals surface area contributed by atoms with Gasteiger partial charge in [-0.25, -0.2) is 9.38 Å². The Morgan fingerprint density at radius 2 is 2.07 bits per heavy atom. The van der Waals surface area contributed by atoms with E-state index in [1.54, 1.807) is 23.1 Å². The molecule has 0 amide bonds. The van der Waals surface area contributed by atoms with E-state index in [-0.39, 0.29) is 11.7 Å². The second-order valence-electron chi connectivity index (χ2n) is 6.69. The fourth-order valence-electron chi connectivity index (χ4n) is 3.31. The van der Waals surface area contributed by atoms with Crippen molar-refractivity contribution in [2.75, 3.05) is 12.4 Å². The van der Waals surface area contributed by atoms with Gasteiger partial charge in [0.15, 0.2) is 16.0 Å². The number of aromatic nitrogens is 4. The standard InChI is InChI=1S/C18H22N4O2S3/c1-4-24-13(23)9-25-18-21-20-15-14-11-7-5-6-8-12(11)27-16(14)19-17(22(15)18)26-10(2)3/h10H,4-9H2,1-3H3. The number of esters is 1. The fraction of sp³-hybridized carbons (Fsp3) is 0.556. The number of hydrogen-bond acceptors (Lipinski definition) is 8. The van der Waals surface area contributed by atoms with Crippen molar-refractivity contribution in [2.24, 2.45) is 0 Å². The molecular formula is C18H22N4O2S3. The fourth-order valence-corrected chi connectivity index (χ4v) is 6.26. The van der Waals surface area contributed by atoms with E-state index in [4.69, 9.17) is 9.72 Å². The molecule has 4 rings (SSSR count). The summed E-state index contributed by atoms with van der Waals surface area (Å²) in [5.41, 5.74) is 2.27. The third-order valence-electron chi connectivity index (χ3n) is 4.36. The Bertz CT molecular complexity index is 996. The van der Waals surface area contributed by atoms with Crippen LogP contribution in [-0.2, 0) is 22.4 Å². The van der Waals surface area contributed by atoms with Crippen LogP contribution in [0.2, 0.25) is 0 Å². The molecule has 1 aliphatic rings. The number of nitrogens with zero attached hydrogens (tertiary/aromatic N) is 4. The van der Waals surface area contributed by atoms with Crippen LogP contribution in [0, 0.1) is 0 Å². The summed E-state index contributed by atoms with van der Waals surface area (Å²) in [7, 11) is 0. The summed E-state index contributed by atoms with van der Waals surface area (Å²) in [6, 6.07) is 0. The van der Waals surface area contributed by atoms with E-state index in [9.17, 15) is 4.79 Å². The molecule has 0 N–H and O–H groups in total. The van der Waals surface area contributed by atoms with Crippen molar-refractivity contribution in [1.29, 1.82) is 0 Å². The second-order valence-corrected chi connectivity index (χ2v) is 10.3. The Morgan fingerprint density at radius 1 is 1.26 bits per heavy atom. The van der Waals surface area contributed by atoms with Gasteiger partial charge in [0.25, 0.3) is 0 Å². The number of thiophene rings is 1. The highest BCUT2D eigenvalue weighted by Gasteiger charge is 2.24. The lowest BCUT2D eigenvalue weighted by Crippen LogP contribution is -2.07. The SMILES string of the molecule is CCOC(=O)CSc1nnc2c3c4c(sc3nc(SC(C)C)n12)CCCC4. The molecule has 0 radical (unpaired) electrons. The van der Waals surface area contributed by atoms with Crippen LogP contribution < -0.4 is 0 Å². The molecule has 3 aromatic rings. The van der Waals surface area contributed by atoms with E-state index in [1.807, 2.05) is 11.3 Å². The molecule has 3 aromatic heterocycles. The van der Waals surface area contributed by atoms with Gasteiger partial charge in [-0.15, -0.1) is 21.5 Å². The van der Waals surface area contributed by atoms with Crippen LogP contribution in [0.3, 0.4) is 0 Å². The Kier molecular flexibility index (Phi) is 5.61. The lowest BCUT2D eigenvalue weighted by molar-refractivity contribution is -0.139. The highest BCUT2D eigenvalue weighted by atomic mass is 32.2. The minimum Gasteiger partial charge on any atom is -0.465 e. The Morgan fingerprint density at radius 3 is 2.85 bits per heavy atom. The van der Waals surface area contributed by atoms with E-state index < -0.39 is 0 Å². The zero-order valence-corrected chi connectivity index (χ0v) is 18.1. The molecular weight excluding hydrogens is 400 g/mol. The van der Waals surface area contributed by atoms with Crippen LogP contribution in [0.1, 0.15) is 44.1 Å². The third kappa shape index (κ3) is 3.69. The predicted molar refractivity (Wildman–Crippen MR) is 111 cm³/mol. The number of rotatable bonds is 6. The van der Waals surface area contributed by atoms with E-state index >= 15 is 0 Å². The van der Waals surface area contributed by atoms with Crippen molar-refractivity contribution in [3.05, 3.63) is 10.4 Å². The predicted octanol–water partition coefficient (Wildman–Crippen LogP) is 4.37. The first-order valence-corrected chi connectivity index (χ1v) is 11.9. The maximum Gasteiger partial charge on any atom is 0.316 e. The van der Waals surface area contributed by atoms with Gasteiger partial charge in [-0.05, 0) is 38.2 Å². The minimum atomic E-state index is -0.237. The molecule has 0 saturated heterocycles. The summed E-state index contributed by atoms with van der Waals surface area (Å²) in [5.74, 6) is -0.0144. The van der Waals surface area contributed by atoms with Gasteiger partial charge in [0, 0.05) is 10.1 Å². The van der Waals surface area contributed by atoms with Crippen molar-refractivity contribution < 1.29 is 9.53 Å². The van der Waals surface area contributed by atoms with Crippen LogP contribution in [-0.4, -0.2) is 43.2 Å². The van der Waals surface area contributed by atoms with Crippen LogP contribution in [0.4, 0.5) is 0 Å². The molecule has 144 valence electrons. The van der Waals surface area contributed by atoms with Gasteiger partial charge in [-0.3, -0.25) is 4.79 Å². The summed E-state index contributed by atoms with van der Waals surface area (Å²) in [4.78, 5) is 19.3. The largest absolute Gasteiger partial charge is 0.465 e. The molecule has 3 heterocycles. The van der Waals surface area contributed by atoms with Gasteiger partial charge in [0.2, 0.25) is 0 Å². The molecule has 6 nitrogen and oxygen atoms in total. The summed E-state index contributed by atoms with van der Waals surface area (Å²) in [6.45, 7) is 6.50. The topological polar surface area (TPSA) is 69.4 Å². The first kappa shape index (κ1) is 19.0. The van der Waals surface area contributed by atoms with E-state index in [1.165, 1.54) is 35.0 Å². The number of thioether (sulfide) groups is 2. The summed E-state index contributed by atoms with van der Waals surface area (Å²) >= 11 is 4.86. The highest BCUT2D eigenvalue weighted by Crippen LogP contribution is 2.40. The van der Waals surface area contributed by atoms with Crippen LogP contribution in [0.25, 0.3) is 15.9 Å². The molecule has 0 saturated carbocycles. The number of carbonyl (C=O) groups excluding carboxylic acids is 1. The van der Waals surface area contributed by atoms with Crippen molar-refractivity contribution in [2.45, 2.75) is 62.0 Å². The van der Waals surface area contributed by atoms with Crippen LogP contribution in [0.15, 0.2) is 10.3 Å². The average molecular weight is 423 g/mol. The average Bonchev–Trinajstić information content (AvgIpc) is 3.20. The Hall–Kier alpha value is -1.32. The maximum atomic E-state index is 11.8. The summed E-state index contributed by atoms with van der Waals surface area (Å²) < 4.78 is 7.07. The number of aryl methyl sites for hydroxylation is 2. The van der Waals surface area contributed by atoms with Crippen molar-refractivity contribution in [3.63, 3.8) is 0 Å². The Labute approximate surface area is 170 Å². The lowest BCUT2D eigenvalue weighted by atomic mass is 9.97. The van der Waals surface area contributed by atoms with Crippen LogP contribution >= 0.6 is 34.9 Å². The number of fused-ring (bicyclic) bond motifs is 5. The number of hydrogen-bond donors (Lipinski definition) is 0. The number of ether oxygens (including phenoxy) is 1. The summed E-state index contributed by atoms with van der Waals surface area (Å²) in [6.07, 6.45) is 4.68. The van der Waals surface area contributed by atoms with E-state index in [0.29, 0.717) is 17.0 Å². The smallest absolute Gasteiger partial charge is 0.316 e. The molecule has 9 heteroatoms. The first-order chi connectivity index (χ1) is 13.1. The first-order valence-electron chi connectivity index (χ1n) is 9.23. The van der Waals surface area contributed by atoms with Gasteiger partial charge in [0.05, 0.1) is 17.7 Å². The van der Waals surface area contributed by atoms with Crippen LogP contribution in [0.5, 0.6) is 0 Å². The van der Waals surface area contributed by atoms with Crippen molar-refractivity contribution in [3.8, 4) is 0 Å². The quantitative estimate of drug-likeness (QED) is 0.332. The molecule has 0 unspecified atom stereocenters. The molecule has 1 aliphatic carbocycles. The van der Waals surface area contributed by atoms with Gasteiger partial charge in [-0.2, -0.15) is 0 Å². The second kappa shape index (κ2) is 7.97. The van der Waals surface area contributed by atoms with Gasteiger partial charge < -0.3 is 4.74 Å². The number of carbonyl (C=O) groups is 1. The lowest BCUT2D eigenvalue weighted by Gasteiger charge is -2.11. The van der Waals surface area contributed by atoms with Crippen molar-refractivity contribution in [1.82, 2.24) is 19.6 Å². The third-order valence-corrected chi connectivity index (χ3v) is 7.41. The normalized spacial score (nSPS) is 14.2. The molecule has 27 heavy (non-hydrogen) atoms. The highest BCUT2D eigenvalue weighted by molar-refractivity contribution is 8.00. The van der Waals surface area contributed by atoms with E-state index in [0.717, 1.165) is 33.9 Å². The van der Waals surface area contributed by atoms with Gasteiger partial charge in [-0.1, -0.05) is 37.4 Å². The Balaban J connectivity index is 1.84. The maximum absolute atomic E-state index is 11.8. The zero-order chi connectivity index (χ0) is 19.0. The molecule has 0 aromatic carbocycles.